The Morgan fingerprint density at radius 3 is 2.33 bits per heavy atom. The van der Waals surface area contributed by atoms with Gasteiger partial charge in [0, 0.05) is 14.6 Å². The van der Waals surface area contributed by atoms with E-state index in [0.29, 0.717) is 11.3 Å². The Labute approximate surface area is 141 Å². The van der Waals surface area contributed by atoms with Crippen molar-refractivity contribution in [3.8, 4) is 5.75 Å². The van der Waals surface area contributed by atoms with Crippen LogP contribution in [0.4, 0.5) is 5.69 Å². The van der Waals surface area contributed by atoms with E-state index < -0.39 is 0 Å². The molecule has 0 aliphatic heterocycles. The van der Waals surface area contributed by atoms with Gasteiger partial charge in [-0.3, -0.25) is 4.79 Å². The van der Waals surface area contributed by atoms with Crippen LogP contribution < -0.4 is 10.1 Å². The van der Waals surface area contributed by atoms with Gasteiger partial charge in [0.25, 0.3) is 5.91 Å². The van der Waals surface area contributed by atoms with Crippen molar-refractivity contribution in [1.29, 1.82) is 0 Å². The van der Waals surface area contributed by atoms with Gasteiger partial charge in [-0.15, -0.1) is 0 Å². The van der Waals surface area contributed by atoms with Crippen LogP contribution in [-0.4, -0.2) is 13.0 Å². The number of anilines is 1. The second-order valence-corrected chi connectivity index (χ2v) is 6.55. The Balaban J connectivity index is 2.36. The molecule has 1 N–H and O–H groups in total. The topological polar surface area (TPSA) is 38.3 Å². The number of benzene rings is 2. The van der Waals surface area contributed by atoms with Crippen LogP contribution in [0.2, 0.25) is 0 Å². The summed E-state index contributed by atoms with van der Waals surface area (Å²) in [5.74, 6) is 0.395. The number of rotatable bonds is 3. The molecule has 0 bridgehead atoms. The molecule has 0 aliphatic carbocycles. The highest BCUT2D eigenvalue weighted by Crippen LogP contribution is 2.29. The van der Waals surface area contributed by atoms with Gasteiger partial charge in [0.1, 0.15) is 5.75 Å². The monoisotopic (exact) mass is 411 g/mol. The van der Waals surface area contributed by atoms with Crippen LogP contribution in [0.15, 0.2) is 39.3 Å². The van der Waals surface area contributed by atoms with Crippen molar-refractivity contribution in [2.45, 2.75) is 13.8 Å². The average Bonchev–Trinajstić information content (AvgIpc) is 2.41. The highest BCUT2D eigenvalue weighted by Gasteiger charge is 2.16. The van der Waals surface area contributed by atoms with E-state index in [1.807, 2.05) is 38.1 Å². The van der Waals surface area contributed by atoms with Gasteiger partial charge in [0.15, 0.2) is 0 Å². The Kier molecular flexibility index (Phi) is 5.06. The lowest BCUT2D eigenvalue weighted by atomic mass is 10.1. The van der Waals surface area contributed by atoms with Crippen LogP contribution in [0, 0.1) is 13.8 Å². The van der Waals surface area contributed by atoms with E-state index >= 15 is 0 Å². The van der Waals surface area contributed by atoms with E-state index in [0.717, 1.165) is 25.8 Å². The Hall–Kier alpha value is -1.33. The Morgan fingerprint density at radius 2 is 1.71 bits per heavy atom. The smallest absolute Gasteiger partial charge is 0.259 e. The number of methoxy groups -OCH3 is 1. The van der Waals surface area contributed by atoms with Crippen LogP contribution in [0.25, 0.3) is 0 Å². The number of aryl methyl sites for hydroxylation is 2. The van der Waals surface area contributed by atoms with Crippen molar-refractivity contribution in [3.63, 3.8) is 0 Å². The van der Waals surface area contributed by atoms with Gasteiger partial charge in [-0.05, 0) is 55.3 Å². The highest BCUT2D eigenvalue weighted by molar-refractivity contribution is 9.10. The molecule has 2 aromatic rings. The molecule has 0 radical (unpaired) electrons. The van der Waals surface area contributed by atoms with Crippen molar-refractivity contribution in [3.05, 3.63) is 56.0 Å². The van der Waals surface area contributed by atoms with Gasteiger partial charge in [0.05, 0.1) is 12.7 Å². The molecule has 110 valence electrons. The van der Waals surface area contributed by atoms with Crippen molar-refractivity contribution in [1.82, 2.24) is 0 Å². The minimum atomic E-state index is -0.193. The van der Waals surface area contributed by atoms with Crippen molar-refractivity contribution >= 4 is 43.5 Å². The molecule has 0 unspecified atom stereocenters. The number of halogens is 2. The zero-order valence-electron chi connectivity index (χ0n) is 12.0. The molecule has 0 fully saturated rings. The zero-order chi connectivity index (χ0) is 15.6. The second-order valence-electron chi connectivity index (χ2n) is 4.72. The molecular formula is C16H15Br2NO2. The molecule has 0 aromatic heterocycles. The lowest BCUT2D eigenvalue weighted by Gasteiger charge is -2.13. The Morgan fingerprint density at radius 1 is 1.05 bits per heavy atom. The fourth-order valence-electron chi connectivity index (χ4n) is 2.13. The van der Waals surface area contributed by atoms with Crippen molar-refractivity contribution in [2.24, 2.45) is 0 Å². The summed E-state index contributed by atoms with van der Waals surface area (Å²) in [5.41, 5.74) is 3.18. The maximum atomic E-state index is 12.5. The molecule has 2 rings (SSSR count). The van der Waals surface area contributed by atoms with E-state index in [2.05, 4.69) is 37.2 Å². The van der Waals surface area contributed by atoms with Crippen molar-refractivity contribution in [2.75, 3.05) is 12.4 Å². The summed E-state index contributed by atoms with van der Waals surface area (Å²) in [4.78, 5) is 12.5. The summed E-state index contributed by atoms with van der Waals surface area (Å²) in [6.45, 7) is 3.86. The lowest BCUT2D eigenvalue weighted by molar-refractivity contribution is 0.102. The van der Waals surface area contributed by atoms with Gasteiger partial charge in [-0.1, -0.05) is 31.9 Å². The van der Waals surface area contributed by atoms with Gasteiger partial charge in [-0.2, -0.15) is 0 Å². The Bertz CT molecular complexity index is 699. The first kappa shape index (κ1) is 16.0. The van der Waals surface area contributed by atoms with E-state index in [9.17, 15) is 4.79 Å². The largest absolute Gasteiger partial charge is 0.496 e. The maximum absolute atomic E-state index is 12.5. The third kappa shape index (κ3) is 3.66. The summed E-state index contributed by atoms with van der Waals surface area (Å²) < 4.78 is 7.18. The number of carbonyl (C=O) groups is 1. The van der Waals surface area contributed by atoms with Crippen LogP contribution in [0.5, 0.6) is 5.75 Å². The summed E-state index contributed by atoms with van der Waals surface area (Å²) in [7, 11) is 1.57. The molecule has 0 atom stereocenters. The van der Waals surface area contributed by atoms with E-state index in [1.165, 1.54) is 0 Å². The first-order chi connectivity index (χ1) is 9.92. The normalized spacial score (nSPS) is 10.3. The predicted octanol–water partition coefficient (Wildman–Crippen LogP) is 5.09. The SMILES string of the molecule is COc1c(C)cc(Br)cc1C(=O)Nc1ccc(Br)cc1C. The molecule has 3 nitrogen and oxygen atoms in total. The predicted molar refractivity (Wildman–Crippen MR) is 92.3 cm³/mol. The molecule has 2 aromatic carbocycles. The lowest BCUT2D eigenvalue weighted by Crippen LogP contribution is -2.14. The summed E-state index contributed by atoms with van der Waals surface area (Å²) >= 11 is 6.82. The third-order valence-corrected chi connectivity index (χ3v) is 4.08. The van der Waals surface area contributed by atoms with Crippen LogP contribution >= 0.6 is 31.9 Å². The summed E-state index contributed by atoms with van der Waals surface area (Å²) in [5, 5.41) is 2.92. The van der Waals surface area contributed by atoms with Gasteiger partial charge < -0.3 is 10.1 Å². The van der Waals surface area contributed by atoms with Crippen LogP contribution in [0.3, 0.4) is 0 Å². The molecule has 1 amide bonds. The standard InChI is InChI=1S/C16H15Br2NO2/c1-9-6-11(17)4-5-14(9)19-16(20)13-8-12(18)7-10(2)15(13)21-3/h4-8H,1-3H3,(H,19,20). The van der Waals surface area contributed by atoms with Gasteiger partial charge in [0.2, 0.25) is 0 Å². The van der Waals surface area contributed by atoms with Crippen molar-refractivity contribution < 1.29 is 9.53 Å². The summed E-state index contributed by atoms with van der Waals surface area (Å²) in [6, 6.07) is 9.40. The first-order valence-corrected chi connectivity index (χ1v) is 7.92. The number of carbonyl (C=O) groups excluding carboxylic acids is 1. The zero-order valence-corrected chi connectivity index (χ0v) is 15.1. The van der Waals surface area contributed by atoms with E-state index in [4.69, 9.17) is 4.74 Å². The molecule has 21 heavy (non-hydrogen) atoms. The minimum Gasteiger partial charge on any atom is -0.496 e. The van der Waals surface area contributed by atoms with Crippen LogP contribution in [0.1, 0.15) is 21.5 Å². The second kappa shape index (κ2) is 6.62. The molecule has 0 aliphatic rings. The van der Waals surface area contributed by atoms with Crippen LogP contribution in [-0.2, 0) is 0 Å². The quantitative estimate of drug-likeness (QED) is 0.762. The number of ether oxygens (including phenoxy) is 1. The molecule has 0 saturated carbocycles. The number of hydrogen-bond acceptors (Lipinski definition) is 2. The average molecular weight is 413 g/mol. The summed E-state index contributed by atoms with van der Waals surface area (Å²) in [6.07, 6.45) is 0. The number of hydrogen-bond donors (Lipinski definition) is 1. The van der Waals surface area contributed by atoms with E-state index in [-0.39, 0.29) is 5.91 Å². The number of nitrogens with one attached hydrogen (secondary N) is 1. The molecular weight excluding hydrogens is 398 g/mol. The minimum absolute atomic E-state index is 0.193. The fourth-order valence-corrected chi connectivity index (χ4v) is 3.17. The first-order valence-electron chi connectivity index (χ1n) is 6.34. The number of amides is 1. The molecule has 0 saturated heterocycles. The molecule has 5 heteroatoms. The van der Waals surface area contributed by atoms with Gasteiger partial charge in [-0.25, -0.2) is 0 Å². The van der Waals surface area contributed by atoms with Gasteiger partial charge >= 0.3 is 0 Å². The molecule has 0 spiro atoms. The van der Waals surface area contributed by atoms with E-state index in [1.54, 1.807) is 13.2 Å². The highest BCUT2D eigenvalue weighted by atomic mass is 79.9. The third-order valence-electron chi connectivity index (χ3n) is 3.12. The fraction of sp³-hybridized carbons (Fsp3) is 0.188. The maximum Gasteiger partial charge on any atom is 0.259 e. The molecule has 0 heterocycles.